The van der Waals surface area contributed by atoms with Crippen molar-refractivity contribution < 1.29 is 4.79 Å². The third-order valence-corrected chi connectivity index (χ3v) is 5.12. The Kier molecular flexibility index (Phi) is 7.51. The fraction of sp³-hybridized carbons (Fsp3) is 0.560. The zero-order valence-corrected chi connectivity index (χ0v) is 18.8. The second-order valence-corrected chi connectivity index (χ2v) is 9.81. The van der Waals surface area contributed by atoms with Gasteiger partial charge in [0.2, 0.25) is 5.91 Å². The molecular formula is C25H38N2O. The van der Waals surface area contributed by atoms with Crippen LogP contribution < -0.4 is 0 Å². The Morgan fingerprint density at radius 3 is 2.43 bits per heavy atom. The van der Waals surface area contributed by atoms with Gasteiger partial charge < -0.3 is 9.47 Å². The predicted molar refractivity (Wildman–Crippen MR) is 118 cm³/mol. The van der Waals surface area contributed by atoms with Crippen LogP contribution in [-0.2, 0) is 17.9 Å². The van der Waals surface area contributed by atoms with Crippen LogP contribution >= 0.6 is 0 Å². The van der Waals surface area contributed by atoms with Crippen molar-refractivity contribution in [2.75, 3.05) is 0 Å². The number of carbonyl (C=O) groups is 1. The van der Waals surface area contributed by atoms with E-state index >= 15 is 0 Å². The molecule has 0 aliphatic rings. The summed E-state index contributed by atoms with van der Waals surface area (Å²) in [4.78, 5) is 15.1. The topological polar surface area (TPSA) is 25.2 Å². The minimum absolute atomic E-state index is 0.191. The van der Waals surface area contributed by atoms with E-state index in [0.717, 1.165) is 13.0 Å². The molecule has 0 aliphatic carbocycles. The zero-order chi connectivity index (χ0) is 20.9. The summed E-state index contributed by atoms with van der Waals surface area (Å²) in [5.41, 5.74) is 4.01. The molecule has 2 rings (SSSR count). The van der Waals surface area contributed by atoms with Gasteiger partial charge in [0, 0.05) is 30.9 Å². The van der Waals surface area contributed by atoms with Crippen molar-refractivity contribution >= 4 is 5.91 Å². The first-order valence-electron chi connectivity index (χ1n) is 10.5. The Morgan fingerprint density at radius 1 is 1.11 bits per heavy atom. The molecule has 1 atom stereocenters. The van der Waals surface area contributed by atoms with Gasteiger partial charge in [0.1, 0.15) is 0 Å². The lowest BCUT2D eigenvalue weighted by Crippen LogP contribution is -2.38. The Hall–Kier alpha value is -2.03. The van der Waals surface area contributed by atoms with E-state index in [0.29, 0.717) is 18.9 Å². The summed E-state index contributed by atoms with van der Waals surface area (Å²) in [6.45, 7) is 16.8. The third-order valence-electron chi connectivity index (χ3n) is 5.12. The maximum atomic E-state index is 13.0. The smallest absolute Gasteiger partial charge is 0.223 e. The molecule has 0 bridgehead atoms. The lowest BCUT2D eigenvalue weighted by Gasteiger charge is -2.30. The molecule has 0 fully saturated rings. The lowest BCUT2D eigenvalue weighted by molar-refractivity contribution is -0.134. The van der Waals surface area contributed by atoms with Crippen molar-refractivity contribution in [1.82, 2.24) is 9.47 Å². The number of hydrogen-bond donors (Lipinski definition) is 0. The Morgan fingerprint density at radius 2 is 1.82 bits per heavy atom. The van der Waals surface area contributed by atoms with Crippen LogP contribution in [0.2, 0.25) is 0 Å². The highest BCUT2D eigenvalue weighted by molar-refractivity contribution is 5.76. The van der Waals surface area contributed by atoms with Crippen molar-refractivity contribution in [2.24, 2.45) is 11.3 Å². The second kappa shape index (κ2) is 9.45. The van der Waals surface area contributed by atoms with Crippen molar-refractivity contribution in [2.45, 2.75) is 80.4 Å². The largest absolute Gasteiger partial charge is 0.345 e. The summed E-state index contributed by atoms with van der Waals surface area (Å²) in [6.07, 6.45) is 3.80. The van der Waals surface area contributed by atoms with Crippen LogP contribution in [0.25, 0.3) is 0 Å². The van der Waals surface area contributed by atoms with Crippen molar-refractivity contribution in [3.8, 4) is 0 Å². The Balaban J connectivity index is 2.08. The van der Waals surface area contributed by atoms with E-state index < -0.39 is 0 Å². The van der Waals surface area contributed by atoms with Crippen LogP contribution in [-0.4, -0.2) is 21.4 Å². The zero-order valence-electron chi connectivity index (χ0n) is 18.8. The normalized spacial score (nSPS) is 13.0. The van der Waals surface area contributed by atoms with Crippen LogP contribution in [0.3, 0.4) is 0 Å². The quantitative estimate of drug-likeness (QED) is 0.546. The molecule has 0 aliphatic heterocycles. The second-order valence-electron chi connectivity index (χ2n) is 9.81. The van der Waals surface area contributed by atoms with Crippen LogP contribution in [0.5, 0.6) is 0 Å². The Labute approximate surface area is 171 Å². The van der Waals surface area contributed by atoms with Gasteiger partial charge in [-0.25, -0.2) is 0 Å². The van der Waals surface area contributed by atoms with Crippen molar-refractivity contribution in [1.29, 1.82) is 0 Å². The number of aromatic nitrogens is 1. The monoisotopic (exact) mass is 382 g/mol. The van der Waals surface area contributed by atoms with Gasteiger partial charge in [0.25, 0.3) is 0 Å². The lowest BCUT2D eigenvalue weighted by atomic mass is 9.84. The SMILES string of the molecule is Cc1cccc(Cn2cccc2CN(C(=O)CC(C)CC(C)(C)C)C(C)C)c1. The number of hydrogen-bond acceptors (Lipinski definition) is 1. The van der Waals surface area contributed by atoms with E-state index in [1.807, 2.05) is 4.90 Å². The van der Waals surface area contributed by atoms with E-state index in [2.05, 4.69) is 95.6 Å². The number of benzene rings is 1. The minimum Gasteiger partial charge on any atom is -0.345 e. The first-order valence-corrected chi connectivity index (χ1v) is 10.5. The van der Waals surface area contributed by atoms with Crippen LogP contribution in [0.4, 0.5) is 0 Å². The van der Waals surface area contributed by atoms with Gasteiger partial charge in [-0.2, -0.15) is 0 Å². The molecule has 0 N–H and O–H groups in total. The van der Waals surface area contributed by atoms with Crippen molar-refractivity contribution in [3.63, 3.8) is 0 Å². The van der Waals surface area contributed by atoms with Gasteiger partial charge in [-0.1, -0.05) is 57.5 Å². The number of nitrogens with zero attached hydrogens (tertiary/aromatic N) is 2. The van der Waals surface area contributed by atoms with E-state index in [-0.39, 0.29) is 17.4 Å². The summed E-state index contributed by atoms with van der Waals surface area (Å²) in [5.74, 6) is 0.655. The third kappa shape index (κ3) is 6.85. The number of rotatable bonds is 8. The van der Waals surface area contributed by atoms with E-state index in [1.165, 1.54) is 16.8 Å². The molecule has 1 aromatic heterocycles. The van der Waals surface area contributed by atoms with Crippen LogP contribution in [0, 0.1) is 18.3 Å². The van der Waals surface area contributed by atoms with E-state index in [4.69, 9.17) is 0 Å². The number of aryl methyl sites for hydroxylation is 1. The molecule has 3 heteroatoms. The molecular weight excluding hydrogens is 344 g/mol. The minimum atomic E-state index is 0.191. The fourth-order valence-corrected chi connectivity index (χ4v) is 4.02. The summed E-state index contributed by atoms with van der Waals surface area (Å²) in [7, 11) is 0. The van der Waals surface area contributed by atoms with Gasteiger partial charge in [-0.3, -0.25) is 4.79 Å². The van der Waals surface area contributed by atoms with Crippen molar-refractivity contribution in [3.05, 3.63) is 59.4 Å². The maximum Gasteiger partial charge on any atom is 0.223 e. The number of carbonyl (C=O) groups excluding carboxylic acids is 1. The van der Waals surface area contributed by atoms with Gasteiger partial charge in [-0.15, -0.1) is 0 Å². The first-order chi connectivity index (χ1) is 13.0. The summed E-state index contributed by atoms with van der Waals surface area (Å²) in [6, 6.07) is 13.0. The van der Waals surface area contributed by atoms with Gasteiger partial charge in [0.15, 0.2) is 0 Å². The first kappa shape index (κ1) is 22.3. The number of amides is 1. The maximum absolute atomic E-state index is 13.0. The highest BCUT2D eigenvalue weighted by Crippen LogP contribution is 2.27. The van der Waals surface area contributed by atoms with Gasteiger partial charge in [-0.05, 0) is 56.2 Å². The molecule has 2 aromatic rings. The van der Waals surface area contributed by atoms with E-state index in [9.17, 15) is 4.79 Å². The van der Waals surface area contributed by atoms with Gasteiger partial charge in [0.05, 0.1) is 6.54 Å². The van der Waals surface area contributed by atoms with Crippen LogP contribution in [0.1, 0.15) is 71.2 Å². The molecule has 0 saturated carbocycles. The summed E-state index contributed by atoms with van der Waals surface area (Å²) >= 11 is 0. The summed E-state index contributed by atoms with van der Waals surface area (Å²) < 4.78 is 2.26. The standard InChI is InChI=1S/C25H38N2O/c1-19(2)27(24(28)15-21(4)16-25(5,6)7)18-23-12-9-13-26(23)17-22-11-8-10-20(3)14-22/h8-14,19,21H,15-18H2,1-7H3. The average molecular weight is 383 g/mol. The predicted octanol–water partition coefficient (Wildman–Crippen LogP) is 6.04. The molecule has 1 amide bonds. The fourth-order valence-electron chi connectivity index (χ4n) is 4.02. The molecule has 1 aromatic carbocycles. The molecule has 0 spiro atoms. The summed E-state index contributed by atoms with van der Waals surface area (Å²) in [5, 5.41) is 0. The molecule has 154 valence electrons. The molecule has 0 saturated heterocycles. The highest BCUT2D eigenvalue weighted by Gasteiger charge is 2.23. The molecule has 0 radical (unpaired) electrons. The van der Waals surface area contributed by atoms with Crippen LogP contribution in [0.15, 0.2) is 42.6 Å². The van der Waals surface area contributed by atoms with E-state index in [1.54, 1.807) is 0 Å². The van der Waals surface area contributed by atoms with Gasteiger partial charge >= 0.3 is 0 Å². The molecule has 1 heterocycles. The molecule has 28 heavy (non-hydrogen) atoms. The molecule has 3 nitrogen and oxygen atoms in total. The average Bonchev–Trinajstić information content (AvgIpc) is 2.97. The Bertz CT molecular complexity index is 767. The highest BCUT2D eigenvalue weighted by atomic mass is 16.2. The molecule has 1 unspecified atom stereocenters.